The third-order valence-corrected chi connectivity index (χ3v) is 4.25. The summed E-state index contributed by atoms with van der Waals surface area (Å²) in [5.41, 5.74) is 8.56. The van der Waals surface area contributed by atoms with Crippen LogP contribution in [0.25, 0.3) is 0 Å². The molecule has 2 heterocycles. The van der Waals surface area contributed by atoms with Crippen molar-refractivity contribution < 1.29 is 4.74 Å². The number of hydrogen-bond donors (Lipinski definition) is 1. The largest absolute Gasteiger partial charge is 0.384 e. The third-order valence-electron chi connectivity index (χ3n) is 4.25. The molecule has 2 N–H and O–H groups in total. The first-order valence-corrected chi connectivity index (χ1v) is 7.65. The van der Waals surface area contributed by atoms with Gasteiger partial charge in [-0.3, -0.25) is 9.58 Å². The molecule has 2 rings (SSSR count). The van der Waals surface area contributed by atoms with Gasteiger partial charge in [0.15, 0.2) is 0 Å². The highest BCUT2D eigenvalue weighted by molar-refractivity contribution is 5.22. The zero-order valence-electron chi connectivity index (χ0n) is 13.0. The Labute approximate surface area is 122 Å². The zero-order chi connectivity index (χ0) is 14.5. The van der Waals surface area contributed by atoms with Gasteiger partial charge in [-0.15, -0.1) is 0 Å². The molecule has 1 aromatic rings. The molecule has 1 fully saturated rings. The molecule has 1 saturated heterocycles. The van der Waals surface area contributed by atoms with E-state index in [2.05, 4.69) is 23.1 Å². The first-order valence-electron chi connectivity index (χ1n) is 7.65. The predicted molar refractivity (Wildman–Crippen MR) is 80.6 cm³/mol. The van der Waals surface area contributed by atoms with Crippen LogP contribution in [0.2, 0.25) is 0 Å². The van der Waals surface area contributed by atoms with Crippen LogP contribution >= 0.6 is 0 Å². The van der Waals surface area contributed by atoms with Crippen molar-refractivity contribution in [3.8, 4) is 0 Å². The summed E-state index contributed by atoms with van der Waals surface area (Å²) in [7, 11) is 3.77. The molecule has 0 radical (unpaired) electrons. The van der Waals surface area contributed by atoms with Crippen molar-refractivity contribution in [2.45, 2.75) is 32.2 Å². The van der Waals surface area contributed by atoms with E-state index in [9.17, 15) is 0 Å². The van der Waals surface area contributed by atoms with Crippen molar-refractivity contribution >= 4 is 0 Å². The average Bonchev–Trinajstić information content (AvgIpc) is 2.82. The van der Waals surface area contributed by atoms with Crippen LogP contribution in [0, 0.1) is 5.92 Å². The summed E-state index contributed by atoms with van der Waals surface area (Å²) in [6.45, 7) is 5.86. The van der Waals surface area contributed by atoms with Crippen molar-refractivity contribution in [2.24, 2.45) is 18.7 Å². The monoisotopic (exact) mass is 280 g/mol. The number of aromatic nitrogens is 2. The fourth-order valence-electron chi connectivity index (χ4n) is 3.33. The van der Waals surface area contributed by atoms with Gasteiger partial charge in [0.1, 0.15) is 0 Å². The van der Waals surface area contributed by atoms with Crippen LogP contribution in [0.4, 0.5) is 0 Å². The van der Waals surface area contributed by atoms with Crippen molar-refractivity contribution in [1.29, 1.82) is 0 Å². The number of likely N-dealkylation sites (tertiary alicyclic amines) is 1. The van der Waals surface area contributed by atoms with Crippen molar-refractivity contribution in [3.05, 3.63) is 17.5 Å². The molecule has 1 aliphatic rings. The lowest BCUT2D eigenvalue weighted by atomic mass is 9.95. The maximum Gasteiger partial charge on any atom is 0.0670 e. The molecule has 0 aliphatic carbocycles. The second-order valence-corrected chi connectivity index (χ2v) is 5.77. The van der Waals surface area contributed by atoms with Crippen LogP contribution in [0.15, 0.2) is 6.20 Å². The minimum Gasteiger partial charge on any atom is -0.384 e. The summed E-state index contributed by atoms with van der Waals surface area (Å²) in [6.07, 6.45) is 5.58. The Bertz CT molecular complexity index is 416. The van der Waals surface area contributed by atoms with Gasteiger partial charge < -0.3 is 10.5 Å². The van der Waals surface area contributed by atoms with Gasteiger partial charge in [-0.05, 0) is 31.7 Å². The molecule has 2 atom stereocenters. The Balaban J connectivity index is 2.14. The fourth-order valence-corrected chi connectivity index (χ4v) is 3.33. The van der Waals surface area contributed by atoms with Crippen molar-refractivity contribution in [2.75, 3.05) is 33.4 Å². The van der Waals surface area contributed by atoms with Crippen LogP contribution in [0.3, 0.4) is 0 Å². The number of aryl methyl sites for hydroxylation is 2. The lowest BCUT2D eigenvalue weighted by Gasteiger charge is -2.37. The highest BCUT2D eigenvalue weighted by atomic mass is 16.5. The standard InChI is InChI=1S/C15H28N4O/c1-4-14-13(10-18(2)17-14)15(8-16)19-7-5-6-12(9-19)11-20-3/h10,12,15H,4-9,11,16H2,1-3H3. The van der Waals surface area contributed by atoms with Crippen LogP contribution < -0.4 is 5.73 Å². The number of nitrogens with zero attached hydrogens (tertiary/aromatic N) is 3. The Morgan fingerprint density at radius 1 is 1.55 bits per heavy atom. The summed E-state index contributed by atoms with van der Waals surface area (Å²) < 4.78 is 7.23. The predicted octanol–water partition coefficient (Wildman–Crippen LogP) is 1.34. The highest BCUT2D eigenvalue weighted by Crippen LogP contribution is 2.28. The molecule has 1 aliphatic heterocycles. The minimum absolute atomic E-state index is 0.290. The number of methoxy groups -OCH3 is 1. The Morgan fingerprint density at radius 3 is 3.00 bits per heavy atom. The number of rotatable bonds is 6. The molecule has 0 saturated carbocycles. The molecule has 1 aromatic heterocycles. The number of hydrogen-bond acceptors (Lipinski definition) is 4. The summed E-state index contributed by atoms with van der Waals surface area (Å²) in [4.78, 5) is 2.52. The summed E-state index contributed by atoms with van der Waals surface area (Å²) in [5.74, 6) is 0.629. The summed E-state index contributed by atoms with van der Waals surface area (Å²) in [6, 6.07) is 0.290. The topological polar surface area (TPSA) is 56.3 Å². The van der Waals surface area contributed by atoms with E-state index in [4.69, 9.17) is 10.5 Å². The number of nitrogens with two attached hydrogens (primary N) is 1. The van der Waals surface area contributed by atoms with Gasteiger partial charge in [0.05, 0.1) is 18.3 Å². The van der Waals surface area contributed by atoms with Crippen LogP contribution in [-0.4, -0.2) is 48.0 Å². The van der Waals surface area contributed by atoms with Gasteiger partial charge in [0, 0.05) is 39.0 Å². The molecule has 2 unspecified atom stereocenters. The smallest absolute Gasteiger partial charge is 0.0670 e. The Kier molecular flexibility index (Phi) is 5.57. The summed E-state index contributed by atoms with van der Waals surface area (Å²) >= 11 is 0. The van der Waals surface area contributed by atoms with E-state index in [0.29, 0.717) is 18.5 Å². The molecule has 114 valence electrons. The SMILES string of the molecule is CCc1nn(C)cc1C(CN)N1CCCC(COC)C1. The second kappa shape index (κ2) is 7.20. The normalized spacial score (nSPS) is 22.1. The molecule has 0 aromatic carbocycles. The first kappa shape index (κ1) is 15.5. The lowest BCUT2D eigenvalue weighted by molar-refractivity contribution is 0.0695. The van der Waals surface area contributed by atoms with Gasteiger partial charge in [0.25, 0.3) is 0 Å². The molecule has 0 bridgehead atoms. The Hall–Kier alpha value is -0.910. The average molecular weight is 280 g/mol. The zero-order valence-corrected chi connectivity index (χ0v) is 13.0. The van der Waals surface area contributed by atoms with Gasteiger partial charge in [-0.2, -0.15) is 5.10 Å². The quantitative estimate of drug-likeness (QED) is 0.854. The van der Waals surface area contributed by atoms with Crippen molar-refractivity contribution in [3.63, 3.8) is 0 Å². The molecular formula is C15H28N4O. The van der Waals surface area contributed by atoms with Crippen LogP contribution in [0.5, 0.6) is 0 Å². The maximum atomic E-state index is 6.08. The second-order valence-electron chi connectivity index (χ2n) is 5.77. The van der Waals surface area contributed by atoms with Crippen LogP contribution in [-0.2, 0) is 18.2 Å². The van der Waals surface area contributed by atoms with E-state index in [-0.39, 0.29) is 0 Å². The number of ether oxygens (including phenoxy) is 1. The first-order chi connectivity index (χ1) is 9.69. The minimum atomic E-state index is 0.290. The van der Waals surface area contributed by atoms with Gasteiger partial charge in [-0.1, -0.05) is 6.92 Å². The van der Waals surface area contributed by atoms with E-state index in [0.717, 1.165) is 26.1 Å². The molecule has 5 nitrogen and oxygen atoms in total. The Morgan fingerprint density at radius 2 is 2.35 bits per heavy atom. The molecular weight excluding hydrogens is 252 g/mol. The van der Waals surface area contributed by atoms with E-state index in [1.54, 1.807) is 7.11 Å². The van der Waals surface area contributed by atoms with E-state index >= 15 is 0 Å². The lowest BCUT2D eigenvalue weighted by Crippen LogP contribution is -2.42. The molecule has 0 amide bonds. The number of piperidine rings is 1. The van der Waals surface area contributed by atoms with E-state index in [1.165, 1.54) is 24.1 Å². The van der Waals surface area contributed by atoms with E-state index < -0.39 is 0 Å². The molecule has 20 heavy (non-hydrogen) atoms. The van der Waals surface area contributed by atoms with E-state index in [1.807, 2.05) is 11.7 Å². The van der Waals surface area contributed by atoms with Gasteiger partial charge >= 0.3 is 0 Å². The maximum absolute atomic E-state index is 6.08. The fraction of sp³-hybridized carbons (Fsp3) is 0.800. The van der Waals surface area contributed by atoms with Gasteiger partial charge in [0.2, 0.25) is 0 Å². The highest BCUT2D eigenvalue weighted by Gasteiger charge is 2.28. The third kappa shape index (κ3) is 3.40. The van der Waals surface area contributed by atoms with Gasteiger partial charge in [-0.25, -0.2) is 0 Å². The van der Waals surface area contributed by atoms with Crippen LogP contribution in [0.1, 0.15) is 37.1 Å². The summed E-state index contributed by atoms with van der Waals surface area (Å²) in [5, 5.41) is 4.56. The molecule has 0 spiro atoms. The molecule has 5 heteroatoms. The van der Waals surface area contributed by atoms with Crippen molar-refractivity contribution in [1.82, 2.24) is 14.7 Å².